The molecule has 1 aliphatic rings. The first kappa shape index (κ1) is 33.3. The molecule has 12 nitrogen and oxygen atoms in total. The lowest BCUT2D eigenvalue weighted by Gasteiger charge is -2.38. The van der Waals surface area contributed by atoms with Crippen LogP contribution in [0.5, 0.6) is 5.75 Å². The number of nitrogens with one attached hydrogen (secondary N) is 2. The Balaban J connectivity index is 1.55. The number of nitrogens with zero attached hydrogens (tertiary/aromatic N) is 7. The number of guanidine groups is 1. The van der Waals surface area contributed by atoms with E-state index in [2.05, 4.69) is 72.1 Å². The second-order valence-electron chi connectivity index (χ2n) is 11.6. The van der Waals surface area contributed by atoms with Crippen LogP contribution < -0.4 is 25.6 Å². The van der Waals surface area contributed by atoms with Gasteiger partial charge in [0.1, 0.15) is 24.2 Å². The zero-order valence-electron chi connectivity index (χ0n) is 27.1. The SMILES string of the molecule is C=NC(=N/C(Nc1ccc2nccnc2c1P(C)(C)=O)=C(\C)Br)Nc1cc(-c2cnn(C)c2)c(N2CC(C)OC(C)C2)cc1OC. The number of rotatable bonds is 8. The van der Waals surface area contributed by atoms with Gasteiger partial charge in [0, 0.05) is 66.1 Å². The molecule has 2 aromatic carbocycles. The summed E-state index contributed by atoms with van der Waals surface area (Å²) in [4.78, 5) is 20.2. The fourth-order valence-electron chi connectivity index (χ4n) is 5.58. The van der Waals surface area contributed by atoms with Crippen molar-refractivity contribution in [3.63, 3.8) is 0 Å². The number of benzene rings is 2. The highest BCUT2D eigenvalue weighted by atomic mass is 79.9. The Bertz CT molecular complexity index is 1870. The number of hydrogen-bond donors (Lipinski definition) is 2. The molecule has 2 aromatic heterocycles. The van der Waals surface area contributed by atoms with Gasteiger partial charge in [-0.3, -0.25) is 14.6 Å². The normalized spacial score (nSPS) is 17.9. The zero-order chi connectivity index (χ0) is 33.2. The van der Waals surface area contributed by atoms with E-state index >= 15 is 0 Å². The van der Waals surface area contributed by atoms with Gasteiger partial charge in [-0.1, -0.05) is 15.9 Å². The van der Waals surface area contributed by atoms with Gasteiger partial charge in [-0.15, -0.1) is 0 Å². The summed E-state index contributed by atoms with van der Waals surface area (Å²) >= 11 is 3.58. The number of morpholine rings is 1. The molecule has 5 rings (SSSR count). The predicted molar refractivity (Wildman–Crippen MR) is 192 cm³/mol. The molecule has 4 aromatic rings. The molecule has 0 spiro atoms. The van der Waals surface area contributed by atoms with Gasteiger partial charge in [-0.05, 0) is 59.0 Å². The minimum absolute atomic E-state index is 0.0766. The minimum atomic E-state index is -2.79. The summed E-state index contributed by atoms with van der Waals surface area (Å²) in [5, 5.41) is 11.7. The Hall–Kier alpha value is -4.06. The Kier molecular flexibility index (Phi) is 9.95. The molecule has 242 valence electrons. The Morgan fingerprint density at radius 1 is 1.13 bits per heavy atom. The first-order chi connectivity index (χ1) is 21.9. The van der Waals surface area contributed by atoms with E-state index < -0.39 is 7.14 Å². The van der Waals surface area contributed by atoms with Gasteiger partial charge >= 0.3 is 0 Å². The standard InChI is InChI=1S/C32H39BrN9O3P/c1-19-16-42(17-20(2)45-19)27-14-28(44-6)26(13-23(27)22-15-37-41(5)18-22)39-32(34-4)40-31(21(3)33)38-25-10-9-24-29(36-12-11-35-24)30(25)46(7,8)43/h9-15,18-20,38H,4,16-17H2,1-3,5-8H3,(H,39,40)/b31-21+. The Morgan fingerprint density at radius 2 is 1.85 bits per heavy atom. The highest BCUT2D eigenvalue weighted by Crippen LogP contribution is 2.42. The van der Waals surface area contributed by atoms with E-state index in [1.54, 1.807) is 37.5 Å². The minimum Gasteiger partial charge on any atom is -0.494 e. The number of allylic oxidation sites excluding steroid dienone is 1. The fourth-order valence-corrected chi connectivity index (χ4v) is 7.16. The monoisotopic (exact) mass is 707 g/mol. The van der Waals surface area contributed by atoms with Crippen LogP contribution in [0.25, 0.3) is 22.2 Å². The highest BCUT2D eigenvalue weighted by Gasteiger charge is 2.27. The number of hydrogen-bond acceptors (Lipinski definition) is 9. The van der Waals surface area contributed by atoms with Crippen molar-refractivity contribution in [2.75, 3.05) is 49.1 Å². The van der Waals surface area contributed by atoms with Crippen LogP contribution >= 0.6 is 23.1 Å². The molecule has 46 heavy (non-hydrogen) atoms. The van der Waals surface area contributed by atoms with Crippen molar-refractivity contribution in [3.05, 3.63) is 59.4 Å². The van der Waals surface area contributed by atoms with E-state index in [4.69, 9.17) is 14.5 Å². The van der Waals surface area contributed by atoms with Crippen LogP contribution in [0.15, 0.2) is 69.3 Å². The molecule has 2 unspecified atom stereocenters. The van der Waals surface area contributed by atoms with Crippen LogP contribution in [-0.4, -0.2) is 78.2 Å². The maximum atomic E-state index is 13.5. The van der Waals surface area contributed by atoms with Crippen molar-refractivity contribution >= 4 is 69.1 Å². The van der Waals surface area contributed by atoms with Crippen LogP contribution in [-0.2, 0) is 16.3 Å². The molecule has 14 heteroatoms. The second kappa shape index (κ2) is 13.7. The van der Waals surface area contributed by atoms with Gasteiger partial charge in [-0.25, -0.2) is 4.99 Å². The zero-order valence-corrected chi connectivity index (χ0v) is 29.6. The van der Waals surface area contributed by atoms with E-state index in [1.807, 2.05) is 50.6 Å². The number of aryl methyl sites for hydroxylation is 1. The van der Waals surface area contributed by atoms with Gasteiger partial charge < -0.3 is 29.6 Å². The molecule has 2 N–H and O–H groups in total. The van der Waals surface area contributed by atoms with E-state index in [0.29, 0.717) is 43.8 Å². The maximum absolute atomic E-state index is 13.5. The van der Waals surface area contributed by atoms with Crippen molar-refractivity contribution in [1.82, 2.24) is 19.7 Å². The third-order valence-corrected chi connectivity index (χ3v) is 9.34. The lowest BCUT2D eigenvalue weighted by molar-refractivity contribution is -0.00519. The number of fused-ring (bicyclic) bond motifs is 1. The first-order valence-corrected chi connectivity index (χ1v) is 18.1. The summed E-state index contributed by atoms with van der Waals surface area (Å²) in [5.74, 6) is 1.26. The highest BCUT2D eigenvalue weighted by molar-refractivity contribution is 9.11. The number of halogens is 1. The third kappa shape index (κ3) is 7.32. The molecule has 0 radical (unpaired) electrons. The van der Waals surface area contributed by atoms with Crippen LogP contribution in [0.2, 0.25) is 0 Å². The van der Waals surface area contributed by atoms with Gasteiger partial charge in [0.15, 0.2) is 0 Å². The van der Waals surface area contributed by atoms with Crippen molar-refractivity contribution in [2.45, 2.75) is 33.0 Å². The topological polar surface area (TPSA) is 131 Å². The van der Waals surface area contributed by atoms with Gasteiger partial charge in [0.05, 0.1) is 47.7 Å². The summed E-state index contributed by atoms with van der Waals surface area (Å²) in [6, 6.07) is 7.70. The summed E-state index contributed by atoms with van der Waals surface area (Å²) in [6.45, 7) is 14.7. The van der Waals surface area contributed by atoms with Crippen molar-refractivity contribution in [1.29, 1.82) is 0 Å². The first-order valence-electron chi connectivity index (χ1n) is 14.7. The predicted octanol–water partition coefficient (Wildman–Crippen LogP) is 6.07. The Labute approximate surface area is 277 Å². The smallest absolute Gasteiger partial charge is 0.228 e. The molecule has 0 aliphatic carbocycles. The second-order valence-corrected chi connectivity index (χ2v) is 15.9. The number of methoxy groups -OCH3 is 1. The Morgan fingerprint density at radius 3 is 2.46 bits per heavy atom. The maximum Gasteiger partial charge on any atom is 0.228 e. The summed E-state index contributed by atoms with van der Waals surface area (Å²) in [6.07, 6.45) is 7.18. The molecule has 0 amide bonds. The molecule has 1 aliphatic heterocycles. The molecular weight excluding hydrogens is 669 g/mol. The number of aliphatic imine (C=N–C) groups is 2. The lowest BCUT2D eigenvalue weighted by Crippen LogP contribution is -2.45. The van der Waals surface area contributed by atoms with Gasteiger partial charge in [-0.2, -0.15) is 10.1 Å². The van der Waals surface area contributed by atoms with E-state index in [-0.39, 0.29) is 18.2 Å². The van der Waals surface area contributed by atoms with Crippen molar-refractivity contribution in [3.8, 4) is 16.9 Å². The third-order valence-electron chi connectivity index (χ3n) is 7.44. The number of aromatic nitrogens is 4. The number of anilines is 3. The van der Waals surface area contributed by atoms with E-state index in [1.165, 1.54) is 0 Å². The van der Waals surface area contributed by atoms with Crippen LogP contribution in [0.3, 0.4) is 0 Å². The van der Waals surface area contributed by atoms with Gasteiger partial charge in [0.25, 0.3) is 0 Å². The largest absolute Gasteiger partial charge is 0.494 e. The molecule has 1 fully saturated rings. The fraction of sp³-hybridized carbons (Fsp3) is 0.344. The average Bonchev–Trinajstić information content (AvgIpc) is 3.44. The average molecular weight is 709 g/mol. The van der Waals surface area contributed by atoms with Gasteiger partial charge in [0.2, 0.25) is 5.96 Å². The van der Waals surface area contributed by atoms with Crippen LogP contribution in [0.4, 0.5) is 17.1 Å². The van der Waals surface area contributed by atoms with Crippen molar-refractivity contribution in [2.24, 2.45) is 17.0 Å². The van der Waals surface area contributed by atoms with Crippen molar-refractivity contribution < 1.29 is 14.0 Å². The summed E-state index contributed by atoms with van der Waals surface area (Å²) in [7, 11) is 0.732. The molecule has 0 saturated carbocycles. The van der Waals surface area contributed by atoms with Crippen LogP contribution in [0.1, 0.15) is 20.8 Å². The van der Waals surface area contributed by atoms with Crippen LogP contribution in [0, 0.1) is 0 Å². The van der Waals surface area contributed by atoms with E-state index in [0.717, 1.165) is 29.9 Å². The molecule has 0 bridgehead atoms. The summed E-state index contributed by atoms with van der Waals surface area (Å²) in [5.41, 5.74) is 5.42. The molecule has 2 atom stereocenters. The molecular formula is C32H39BrN9O3P. The quantitative estimate of drug-likeness (QED) is 0.127. The number of ether oxygens (including phenoxy) is 2. The molecule has 3 heterocycles. The lowest BCUT2D eigenvalue weighted by atomic mass is 10.0. The summed E-state index contributed by atoms with van der Waals surface area (Å²) < 4.78 is 27.8. The molecule has 1 saturated heterocycles. The van der Waals surface area contributed by atoms with E-state index in [9.17, 15) is 4.57 Å².